The number of hydrogen-bond donors (Lipinski definition) is 1. The molecule has 0 saturated carbocycles. The van der Waals surface area contributed by atoms with E-state index in [1.165, 1.54) is 23.1 Å². The van der Waals surface area contributed by atoms with Crippen molar-refractivity contribution >= 4 is 11.9 Å². The summed E-state index contributed by atoms with van der Waals surface area (Å²) in [5, 5.41) is 9.02. The second kappa shape index (κ2) is 5.98. The van der Waals surface area contributed by atoms with Crippen molar-refractivity contribution in [2.45, 2.75) is 18.9 Å². The number of rotatable bonds is 2. The molecule has 0 unspecified atom stereocenters. The lowest BCUT2D eigenvalue weighted by atomic mass is 9.91. The Labute approximate surface area is 144 Å². The molecule has 1 aliphatic rings. The summed E-state index contributed by atoms with van der Waals surface area (Å²) in [6.07, 6.45) is 0.112. The van der Waals surface area contributed by atoms with Crippen LogP contribution in [0.15, 0.2) is 41.4 Å². The first-order chi connectivity index (χ1) is 11.8. The monoisotopic (exact) mass is 337 g/mol. The molecule has 0 bridgehead atoms. The third-order valence-corrected chi connectivity index (χ3v) is 4.25. The average Bonchev–Trinajstić information content (AvgIpc) is 2.60. The van der Waals surface area contributed by atoms with Gasteiger partial charge in [0.05, 0.1) is 29.4 Å². The minimum Gasteiger partial charge on any atom is -0.369 e. The third kappa shape index (κ3) is 2.94. The number of benzene rings is 1. The van der Waals surface area contributed by atoms with E-state index >= 15 is 0 Å². The van der Waals surface area contributed by atoms with Crippen LogP contribution >= 0.6 is 0 Å². The molecule has 1 aromatic carbocycles. The van der Waals surface area contributed by atoms with E-state index in [9.17, 15) is 9.18 Å². The standard InChI is InChI=1S/C18H16FN5O/c1-18(9-16(25)24(2)17(21)23-18)15-5-3-4-14(22-15)12-8-11(10-20)6-7-13(12)19/h3-8H,9H2,1-2H3,(H2,21,23)/t18-/m0/s1. The first kappa shape index (κ1) is 16.6. The van der Waals surface area contributed by atoms with Crippen molar-refractivity contribution in [3.63, 3.8) is 0 Å². The number of carbonyl (C=O) groups excluding carboxylic acids is 1. The van der Waals surface area contributed by atoms with Crippen molar-refractivity contribution in [3.8, 4) is 17.3 Å². The summed E-state index contributed by atoms with van der Waals surface area (Å²) in [5.41, 5.74) is 6.34. The SMILES string of the molecule is CN1C(=O)C[C@@](C)(c2cccc(-c3cc(C#N)ccc3F)n2)N=C1N. The number of aliphatic imine (C=N–C) groups is 1. The normalized spacial score (nSPS) is 20.2. The number of nitriles is 1. The smallest absolute Gasteiger partial charge is 0.231 e. The molecular formula is C18H16FN5O. The van der Waals surface area contributed by atoms with Crippen molar-refractivity contribution in [2.24, 2.45) is 10.7 Å². The molecule has 1 aliphatic heterocycles. The quantitative estimate of drug-likeness (QED) is 0.908. The van der Waals surface area contributed by atoms with Gasteiger partial charge in [-0.25, -0.2) is 9.38 Å². The van der Waals surface area contributed by atoms with Gasteiger partial charge in [0.15, 0.2) is 5.96 Å². The number of carbonyl (C=O) groups is 1. The van der Waals surface area contributed by atoms with Crippen LogP contribution in [0.25, 0.3) is 11.3 Å². The second-order valence-electron chi connectivity index (χ2n) is 6.09. The van der Waals surface area contributed by atoms with Crippen molar-refractivity contribution in [1.29, 1.82) is 5.26 Å². The van der Waals surface area contributed by atoms with Gasteiger partial charge in [-0.2, -0.15) is 5.26 Å². The Morgan fingerprint density at radius 2 is 2.12 bits per heavy atom. The summed E-state index contributed by atoms with van der Waals surface area (Å²) in [6.45, 7) is 1.76. The predicted octanol–water partition coefficient (Wildman–Crippen LogP) is 2.15. The Kier molecular flexibility index (Phi) is 3.97. The van der Waals surface area contributed by atoms with E-state index in [4.69, 9.17) is 11.0 Å². The summed E-state index contributed by atoms with van der Waals surface area (Å²) in [4.78, 5) is 22.3. The Hall–Kier alpha value is -3.27. The minimum absolute atomic E-state index is 0.112. The van der Waals surface area contributed by atoms with E-state index < -0.39 is 11.4 Å². The molecule has 0 aliphatic carbocycles. The van der Waals surface area contributed by atoms with Crippen LogP contribution in [-0.4, -0.2) is 28.8 Å². The van der Waals surface area contributed by atoms with Crippen LogP contribution in [0, 0.1) is 17.1 Å². The number of nitrogens with zero attached hydrogens (tertiary/aromatic N) is 4. The van der Waals surface area contributed by atoms with E-state index in [2.05, 4.69) is 9.98 Å². The third-order valence-electron chi connectivity index (χ3n) is 4.25. The maximum atomic E-state index is 14.2. The first-order valence-electron chi connectivity index (χ1n) is 7.63. The van der Waals surface area contributed by atoms with E-state index in [-0.39, 0.29) is 23.9 Å². The van der Waals surface area contributed by atoms with E-state index in [0.717, 1.165) is 0 Å². The summed E-state index contributed by atoms with van der Waals surface area (Å²) in [7, 11) is 1.56. The molecule has 0 fully saturated rings. The lowest BCUT2D eigenvalue weighted by molar-refractivity contribution is -0.128. The fourth-order valence-electron chi connectivity index (χ4n) is 2.73. The first-order valence-corrected chi connectivity index (χ1v) is 7.63. The topological polar surface area (TPSA) is 95.4 Å². The number of pyridine rings is 1. The van der Waals surface area contributed by atoms with Gasteiger partial charge in [0, 0.05) is 12.6 Å². The Bertz CT molecular complexity index is 933. The molecule has 25 heavy (non-hydrogen) atoms. The van der Waals surface area contributed by atoms with Gasteiger partial charge in [-0.1, -0.05) is 6.07 Å². The molecule has 126 valence electrons. The maximum Gasteiger partial charge on any atom is 0.231 e. The maximum absolute atomic E-state index is 14.2. The fourth-order valence-corrected chi connectivity index (χ4v) is 2.73. The number of nitrogens with two attached hydrogens (primary N) is 1. The van der Waals surface area contributed by atoms with Crippen LogP contribution in [0.5, 0.6) is 0 Å². The van der Waals surface area contributed by atoms with Crippen LogP contribution in [0.3, 0.4) is 0 Å². The van der Waals surface area contributed by atoms with Crippen molar-refractivity contribution in [2.75, 3.05) is 7.05 Å². The van der Waals surface area contributed by atoms with Crippen LogP contribution in [0.4, 0.5) is 4.39 Å². The highest BCUT2D eigenvalue weighted by atomic mass is 19.1. The molecule has 0 spiro atoms. The Morgan fingerprint density at radius 3 is 2.80 bits per heavy atom. The Morgan fingerprint density at radius 1 is 1.36 bits per heavy atom. The summed E-state index contributed by atoms with van der Waals surface area (Å²) < 4.78 is 14.2. The molecule has 6 nitrogen and oxygen atoms in total. The van der Waals surface area contributed by atoms with Crippen molar-refractivity contribution in [1.82, 2.24) is 9.88 Å². The van der Waals surface area contributed by atoms with E-state index in [1.54, 1.807) is 32.2 Å². The van der Waals surface area contributed by atoms with Crippen LogP contribution < -0.4 is 5.73 Å². The molecule has 2 aromatic rings. The van der Waals surface area contributed by atoms with Gasteiger partial charge in [-0.3, -0.25) is 14.7 Å². The van der Waals surface area contributed by atoms with Crippen LogP contribution in [0.1, 0.15) is 24.6 Å². The van der Waals surface area contributed by atoms with Gasteiger partial charge in [-0.15, -0.1) is 0 Å². The minimum atomic E-state index is -0.924. The highest BCUT2D eigenvalue weighted by molar-refractivity contribution is 5.98. The molecule has 3 rings (SSSR count). The zero-order valence-electron chi connectivity index (χ0n) is 13.8. The van der Waals surface area contributed by atoms with E-state index in [1.807, 2.05) is 6.07 Å². The van der Waals surface area contributed by atoms with Crippen molar-refractivity contribution < 1.29 is 9.18 Å². The summed E-state index contributed by atoms with van der Waals surface area (Å²) in [5.74, 6) is -0.528. The Balaban J connectivity index is 2.09. The van der Waals surface area contributed by atoms with Gasteiger partial charge in [0.1, 0.15) is 11.4 Å². The van der Waals surface area contributed by atoms with Crippen LogP contribution in [-0.2, 0) is 10.3 Å². The molecular weight excluding hydrogens is 321 g/mol. The molecule has 2 N–H and O–H groups in total. The highest BCUT2D eigenvalue weighted by Crippen LogP contribution is 2.33. The zero-order chi connectivity index (χ0) is 18.2. The van der Waals surface area contributed by atoms with Gasteiger partial charge < -0.3 is 5.73 Å². The zero-order valence-corrected chi connectivity index (χ0v) is 13.8. The number of halogens is 1. The number of guanidine groups is 1. The lowest BCUT2D eigenvalue weighted by Gasteiger charge is -2.33. The molecule has 1 atom stereocenters. The largest absolute Gasteiger partial charge is 0.369 e. The molecule has 2 heterocycles. The molecule has 0 radical (unpaired) electrons. The summed E-state index contributed by atoms with van der Waals surface area (Å²) in [6, 6.07) is 11.2. The van der Waals surface area contributed by atoms with E-state index in [0.29, 0.717) is 17.0 Å². The summed E-state index contributed by atoms with van der Waals surface area (Å²) >= 11 is 0. The highest BCUT2D eigenvalue weighted by Gasteiger charge is 2.37. The predicted molar refractivity (Wildman–Crippen MR) is 90.7 cm³/mol. The van der Waals surface area contributed by atoms with Gasteiger partial charge >= 0.3 is 0 Å². The molecule has 7 heteroatoms. The lowest BCUT2D eigenvalue weighted by Crippen LogP contribution is -2.47. The van der Waals surface area contributed by atoms with Gasteiger partial charge in [-0.05, 0) is 37.3 Å². The molecule has 1 aromatic heterocycles. The van der Waals surface area contributed by atoms with Gasteiger partial charge in [0.2, 0.25) is 5.91 Å². The fraction of sp³-hybridized carbons (Fsp3) is 0.222. The molecule has 1 amide bonds. The number of aromatic nitrogens is 1. The number of amides is 1. The van der Waals surface area contributed by atoms with Crippen LogP contribution in [0.2, 0.25) is 0 Å². The molecule has 0 saturated heterocycles. The number of hydrogen-bond acceptors (Lipinski definition) is 5. The van der Waals surface area contributed by atoms with Crippen molar-refractivity contribution in [3.05, 3.63) is 53.5 Å². The van der Waals surface area contributed by atoms with Gasteiger partial charge in [0.25, 0.3) is 0 Å². The average molecular weight is 337 g/mol. The second-order valence-corrected chi connectivity index (χ2v) is 6.09.